The second-order valence-electron chi connectivity index (χ2n) is 9.47. The molecule has 0 heterocycles. The highest BCUT2D eigenvalue weighted by Gasteiger charge is 2.42. The molecule has 2 unspecified atom stereocenters. The third-order valence-corrected chi connectivity index (χ3v) is 6.23. The van der Waals surface area contributed by atoms with Crippen LogP contribution in [0.2, 0.25) is 0 Å². The molecule has 6 nitrogen and oxygen atoms in total. The highest BCUT2D eigenvalue weighted by molar-refractivity contribution is 5.76. The van der Waals surface area contributed by atoms with Gasteiger partial charge in [0.05, 0.1) is 11.2 Å². The van der Waals surface area contributed by atoms with E-state index in [2.05, 4.69) is 10.6 Å². The van der Waals surface area contributed by atoms with Crippen molar-refractivity contribution in [2.75, 3.05) is 13.1 Å². The fraction of sp³-hybridized carbons (Fsp3) is 0.905. The molecule has 0 spiro atoms. The van der Waals surface area contributed by atoms with Gasteiger partial charge in [-0.05, 0) is 56.3 Å². The van der Waals surface area contributed by atoms with E-state index in [0.29, 0.717) is 38.3 Å². The largest absolute Gasteiger partial charge is 0.388 e. The van der Waals surface area contributed by atoms with Crippen LogP contribution in [0.3, 0.4) is 0 Å². The van der Waals surface area contributed by atoms with Gasteiger partial charge in [0, 0.05) is 25.9 Å². The number of hydrogen-bond donors (Lipinski definition) is 4. The van der Waals surface area contributed by atoms with Crippen molar-refractivity contribution >= 4 is 11.8 Å². The fourth-order valence-electron chi connectivity index (χ4n) is 4.37. The summed E-state index contributed by atoms with van der Waals surface area (Å²) in [5, 5.41) is 26.8. The first-order valence-electron chi connectivity index (χ1n) is 10.6. The molecule has 0 saturated heterocycles. The predicted octanol–water partition coefficient (Wildman–Crippen LogP) is 2.13. The molecule has 2 aliphatic carbocycles. The van der Waals surface area contributed by atoms with Gasteiger partial charge >= 0.3 is 0 Å². The van der Waals surface area contributed by atoms with Gasteiger partial charge in [-0.1, -0.05) is 27.2 Å². The molecule has 2 aliphatic rings. The SMILES string of the molecule is CC(C)CC(=O)NCC1(O)CCCC1C[C@H](C)CC(=O)NCC1(O)CCC1. The highest BCUT2D eigenvalue weighted by atomic mass is 16.3. The number of rotatable bonds is 10. The maximum Gasteiger partial charge on any atom is 0.220 e. The van der Waals surface area contributed by atoms with E-state index in [1.54, 1.807) is 0 Å². The van der Waals surface area contributed by atoms with Crippen molar-refractivity contribution in [3.63, 3.8) is 0 Å². The molecule has 2 fully saturated rings. The van der Waals surface area contributed by atoms with E-state index >= 15 is 0 Å². The van der Waals surface area contributed by atoms with E-state index < -0.39 is 11.2 Å². The molecule has 0 aromatic rings. The topological polar surface area (TPSA) is 98.7 Å². The summed E-state index contributed by atoms with van der Waals surface area (Å²) >= 11 is 0. The Hall–Kier alpha value is -1.14. The third kappa shape index (κ3) is 6.75. The Morgan fingerprint density at radius 3 is 2.19 bits per heavy atom. The van der Waals surface area contributed by atoms with Crippen molar-refractivity contribution in [1.82, 2.24) is 10.6 Å². The van der Waals surface area contributed by atoms with Gasteiger partial charge in [-0.3, -0.25) is 9.59 Å². The summed E-state index contributed by atoms with van der Waals surface area (Å²) in [6.07, 6.45) is 6.79. The smallest absolute Gasteiger partial charge is 0.220 e. The molecule has 27 heavy (non-hydrogen) atoms. The van der Waals surface area contributed by atoms with Gasteiger partial charge in [0.25, 0.3) is 0 Å². The maximum absolute atomic E-state index is 12.2. The minimum atomic E-state index is -0.863. The Bertz CT molecular complexity index is 518. The number of amides is 2. The lowest BCUT2D eigenvalue weighted by atomic mass is 9.80. The molecule has 2 saturated carbocycles. The van der Waals surface area contributed by atoms with Crippen LogP contribution in [-0.2, 0) is 9.59 Å². The van der Waals surface area contributed by atoms with Crippen LogP contribution in [0.4, 0.5) is 0 Å². The van der Waals surface area contributed by atoms with E-state index in [1.807, 2.05) is 20.8 Å². The maximum atomic E-state index is 12.2. The van der Waals surface area contributed by atoms with Crippen LogP contribution in [0, 0.1) is 17.8 Å². The summed E-state index contributed by atoms with van der Waals surface area (Å²) in [5.74, 6) is 0.521. The fourth-order valence-corrected chi connectivity index (χ4v) is 4.37. The Labute approximate surface area is 163 Å². The first-order valence-corrected chi connectivity index (χ1v) is 10.6. The number of hydrogen-bond acceptors (Lipinski definition) is 4. The zero-order valence-electron chi connectivity index (χ0n) is 17.2. The van der Waals surface area contributed by atoms with Crippen LogP contribution in [0.1, 0.15) is 78.6 Å². The first kappa shape index (κ1) is 22.2. The second kappa shape index (κ2) is 9.37. The van der Waals surface area contributed by atoms with Crippen molar-refractivity contribution in [2.24, 2.45) is 17.8 Å². The van der Waals surface area contributed by atoms with E-state index in [1.165, 1.54) is 0 Å². The van der Waals surface area contributed by atoms with Crippen molar-refractivity contribution in [3.8, 4) is 0 Å². The molecule has 4 N–H and O–H groups in total. The van der Waals surface area contributed by atoms with E-state index in [4.69, 9.17) is 0 Å². The molecule has 0 aromatic carbocycles. The lowest BCUT2D eigenvalue weighted by molar-refractivity contribution is -0.124. The van der Waals surface area contributed by atoms with Crippen LogP contribution < -0.4 is 10.6 Å². The van der Waals surface area contributed by atoms with Crippen molar-refractivity contribution < 1.29 is 19.8 Å². The Morgan fingerprint density at radius 1 is 0.963 bits per heavy atom. The summed E-state index contributed by atoms with van der Waals surface area (Å²) in [6, 6.07) is 0. The van der Waals surface area contributed by atoms with Crippen LogP contribution in [-0.4, -0.2) is 46.3 Å². The van der Waals surface area contributed by atoms with Crippen LogP contribution >= 0.6 is 0 Å². The van der Waals surface area contributed by atoms with Crippen LogP contribution in [0.15, 0.2) is 0 Å². The van der Waals surface area contributed by atoms with Gasteiger partial charge in [0.2, 0.25) is 11.8 Å². The minimum absolute atomic E-state index is 0.00886. The zero-order chi connectivity index (χ0) is 20.1. The van der Waals surface area contributed by atoms with Crippen molar-refractivity contribution in [2.45, 2.75) is 89.8 Å². The number of nitrogens with one attached hydrogen (secondary N) is 2. The van der Waals surface area contributed by atoms with Gasteiger partial charge in [-0.25, -0.2) is 0 Å². The minimum Gasteiger partial charge on any atom is -0.388 e. The first-order chi connectivity index (χ1) is 12.6. The molecule has 2 rings (SSSR count). The van der Waals surface area contributed by atoms with Gasteiger partial charge < -0.3 is 20.8 Å². The lowest BCUT2D eigenvalue weighted by Gasteiger charge is -2.36. The molecule has 0 aliphatic heterocycles. The lowest BCUT2D eigenvalue weighted by Crippen LogP contribution is -2.48. The normalized spacial score (nSPS) is 27.9. The molecule has 3 atom stereocenters. The monoisotopic (exact) mass is 382 g/mol. The van der Waals surface area contributed by atoms with Crippen molar-refractivity contribution in [1.29, 1.82) is 0 Å². The summed E-state index contributed by atoms with van der Waals surface area (Å²) < 4.78 is 0. The molecule has 2 amide bonds. The summed E-state index contributed by atoms with van der Waals surface area (Å²) in [5.41, 5.74) is -1.56. The molecule has 156 valence electrons. The van der Waals surface area contributed by atoms with E-state index in [0.717, 1.165) is 38.5 Å². The Balaban J connectivity index is 1.74. The number of carbonyl (C=O) groups excluding carboxylic acids is 2. The summed E-state index contributed by atoms with van der Waals surface area (Å²) in [4.78, 5) is 24.1. The molecular weight excluding hydrogens is 344 g/mol. The number of carbonyl (C=O) groups is 2. The van der Waals surface area contributed by atoms with Gasteiger partial charge in [0.15, 0.2) is 0 Å². The molecule has 0 bridgehead atoms. The predicted molar refractivity (Wildman–Crippen MR) is 105 cm³/mol. The zero-order valence-corrected chi connectivity index (χ0v) is 17.2. The molecular formula is C21H38N2O4. The van der Waals surface area contributed by atoms with E-state index in [-0.39, 0.29) is 23.7 Å². The summed E-state index contributed by atoms with van der Waals surface area (Å²) in [7, 11) is 0. The quantitative estimate of drug-likeness (QED) is 0.465. The highest BCUT2D eigenvalue weighted by Crippen LogP contribution is 2.39. The molecule has 0 aromatic heterocycles. The third-order valence-electron chi connectivity index (χ3n) is 6.23. The standard InChI is InChI=1S/C21H38N2O4/c1-15(2)10-18(24)23-14-21(27)9-4-6-17(21)11-16(3)12-19(25)22-13-20(26)7-5-8-20/h15-17,26-27H,4-14H2,1-3H3,(H,22,25)(H,23,24)/t16-,17?,21?/m0/s1. The van der Waals surface area contributed by atoms with Crippen molar-refractivity contribution in [3.05, 3.63) is 0 Å². The Morgan fingerprint density at radius 2 is 1.59 bits per heavy atom. The average Bonchev–Trinajstić information content (AvgIpc) is 2.89. The number of aliphatic hydroxyl groups is 2. The molecule has 0 radical (unpaired) electrons. The van der Waals surface area contributed by atoms with E-state index in [9.17, 15) is 19.8 Å². The Kier molecular flexibility index (Phi) is 7.69. The van der Waals surface area contributed by atoms with Gasteiger partial charge in [-0.2, -0.15) is 0 Å². The van der Waals surface area contributed by atoms with Crippen LogP contribution in [0.25, 0.3) is 0 Å². The van der Waals surface area contributed by atoms with Crippen LogP contribution in [0.5, 0.6) is 0 Å². The average molecular weight is 383 g/mol. The summed E-state index contributed by atoms with van der Waals surface area (Å²) in [6.45, 7) is 6.68. The van der Waals surface area contributed by atoms with Gasteiger partial charge in [0.1, 0.15) is 0 Å². The molecule has 6 heteroatoms. The van der Waals surface area contributed by atoms with Gasteiger partial charge in [-0.15, -0.1) is 0 Å². The second-order valence-corrected chi connectivity index (χ2v) is 9.47.